The number of hydrogen-bond acceptors (Lipinski definition) is 3. The van der Waals surface area contributed by atoms with Gasteiger partial charge in [-0.15, -0.1) is 0 Å². The predicted octanol–water partition coefficient (Wildman–Crippen LogP) is 4.85. The van der Waals surface area contributed by atoms with Crippen molar-refractivity contribution in [1.82, 2.24) is 5.32 Å². The molecular formula is C16H22Cl2N2O2. The second-order valence-electron chi connectivity index (χ2n) is 6.62. The van der Waals surface area contributed by atoms with E-state index in [0.29, 0.717) is 10.0 Å². The Hall–Kier alpha value is -1.13. The van der Waals surface area contributed by atoms with Crippen LogP contribution in [0.5, 0.6) is 0 Å². The van der Waals surface area contributed by atoms with Crippen LogP contribution in [0.1, 0.15) is 40.0 Å². The molecule has 0 bridgehead atoms. The van der Waals surface area contributed by atoms with Gasteiger partial charge in [-0.2, -0.15) is 0 Å². The van der Waals surface area contributed by atoms with Crippen LogP contribution in [0.4, 0.5) is 10.5 Å². The normalized spacial score (nSPS) is 21.5. The highest BCUT2D eigenvalue weighted by molar-refractivity contribution is 6.35. The van der Waals surface area contributed by atoms with Gasteiger partial charge < -0.3 is 15.4 Å². The molecule has 1 fully saturated rings. The van der Waals surface area contributed by atoms with Crippen LogP contribution in [0.25, 0.3) is 0 Å². The number of carbonyl (C=O) groups is 1. The van der Waals surface area contributed by atoms with E-state index in [1.165, 1.54) is 0 Å². The number of halogens is 2. The number of alkyl carbamates (subject to hydrolysis) is 1. The fourth-order valence-electron chi connectivity index (χ4n) is 2.55. The van der Waals surface area contributed by atoms with Crippen molar-refractivity contribution in [3.05, 3.63) is 28.2 Å². The Morgan fingerprint density at radius 1 is 1.23 bits per heavy atom. The number of ether oxygens (including phenoxy) is 1. The van der Waals surface area contributed by atoms with Crippen LogP contribution in [0.3, 0.4) is 0 Å². The molecule has 0 aromatic heterocycles. The maximum atomic E-state index is 11.8. The van der Waals surface area contributed by atoms with Crippen LogP contribution in [-0.4, -0.2) is 23.8 Å². The molecule has 1 aliphatic carbocycles. The lowest BCUT2D eigenvalue weighted by Gasteiger charge is -2.22. The third-order valence-electron chi connectivity index (χ3n) is 3.44. The van der Waals surface area contributed by atoms with Crippen LogP contribution in [-0.2, 0) is 4.74 Å². The summed E-state index contributed by atoms with van der Waals surface area (Å²) in [5.74, 6) is 0. The predicted molar refractivity (Wildman–Crippen MR) is 90.9 cm³/mol. The molecule has 4 nitrogen and oxygen atoms in total. The molecule has 2 atom stereocenters. The fraction of sp³-hybridized carbons (Fsp3) is 0.562. The Kier molecular flexibility index (Phi) is 5.45. The maximum absolute atomic E-state index is 11.8. The van der Waals surface area contributed by atoms with Gasteiger partial charge in [-0.1, -0.05) is 23.2 Å². The monoisotopic (exact) mass is 344 g/mol. The number of amides is 1. The van der Waals surface area contributed by atoms with Crippen LogP contribution in [0.15, 0.2) is 18.2 Å². The van der Waals surface area contributed by atoms with Gasteiger partial charge in [0.15, 0.2) is 0 Å². The lowest BCUT2D eigenvalue weighted by Crippen LogP contribution is -2.38. The molecule has 6 heteroatoms. The van der Waals surface area contributed by atoms with E-state index in [-0.39, 0.29) is 18.2 Å². The van der Waals surface area contributed by atoms with E-state index in [1.54, 1.807) is 12.1 Å². The lowest BCUT2D eigenvalue weighted by molar-refractivity contribution is 0.0505. The Morgan fingerprint density at radius 2 is 1.91 bits per heavy atom. The first kappa shape index (κ1) is 17.2. The number of hydrogen-bond donors (Lipinski definition) is 2. The molecule has 0 spiro atoms. The van der Waals surface area contributed by atoms with Crippen LogP contribution < -0.4 is 10.6 Å². The first-order valence-corrected chi connectivity index (χ1v) is 8.19. The molecule has 0 radical (unpaired) electrons. The smallest absolute Gasteiger partial charge is 0.407 e. The third-order valence-corrected chi connectivity index (χ3v) is 4.01. The van der Waals surface area contributed by atoms with Gasteiger partial charge in [-0.3, -0.25) is 0 Å². The summed E-state index contributed by atoms with van der Waals surface area (Å²) in [6, 6.07) is 5.73. The molecule has 1 amide bonds. The van der Waals surface area contributed by atoms with Gasteiger partial charge in [0.25, 0.3) is 0 Å². The van der Waals surface area contributed by atoms with Crippen LogP contribution >= 0.6 is 23.2 Å². The Labute approximate surface area is 141 Å². The molecule has 122 valence electrons. The van der Waals surface area contributed by atoms with Crippen molar-refractivity contribution in [2.45, 2.75) is 57.7 Å². The number of benzene rings is 1. The summed E-state index contributed by atoms with van der Waals surface area (Å²) in [5, 5.41) is 7.60. The molecule has 0 aliphatic heterocycles. The van der Waals surface area contributed by atoms with Crippen molar-refractivity contribution < 1.29 is 9.53 Å². The van der Waals surface area contributed by atoms with Gasteiger partial charge in [-0.25, -0.2) is 4.79 Å². The Bertz CT molecular complexity index is 543. The van der Waals surface area contributed by atoms with Gasteiger partial charge in [0.1, 0.15) is 5.60 Å². The van der Waals surface area contributed by atoms with Crippen LogP contribution in [0, 0.1) is 0 Å². The van der Waals surface area contributed by atoms with E-state index in [1.807, 2.05) is 26.8 Å². The van der Waals surface area contributed by atoms with E-state index in [0.717, 1.165) is 24.9 Å². The van der Waals surface area contributed by atoms with Crippen LogP contribution in [0.2, 0.25) is 10.0 Å². The lowest BCUT2D eigenvalue weighted by atomic mass is 10.2. The zero-order valence-corrected chi connectivity index (χ0v) is 14.6. The summed E-state index contributed by atoms with van der Waals surface area (Å²) in [7, 11) is 0. The highest BCUT2D eigenvalue weighted by Crippen LogP contribution is 2.29. The molecule has 2 unspecified atom stereocenters. The minimum absolute atomic E-state index is 0.116. The number of nitrogens with one attached hydrogen (secondary N) is 2. The van der Waals surface area contributed by atoms with E-state index in [2.05, 4.69) is 10.6 Å². The topological polar surface area (TPSA) is 50.4 Å². The zero-order chi connectivity index (χ0) is 16.3. The van der Waals surface area contributed by atoms with Gasteiger partial charge in [0, 0.05) is 17.1 Å². The average molecular weight is 345 g/mol. The van der Waals surface area contributed by atoms with Crippen molar-refractivity contribution >= 4 is 35.0 Å². The van der Waals surface area contributed by atoms with Gasteiger partial charge >= 0.3 is 6.09 Å². The average Bonchev–Trinajstić information content (AvgIpc) is 2.78. The summed E-state index contributed by atoms with van der Waals surface area (Å²) in [4.78, 5) is 11.8. The highest BCUT2D eigenvalue weighted by Gasteiger charge is 2.27. The molecule has 0 saturated heterocycles. The number of carbonyl (C=O) groups excluding carboxylic acids is 1. The fourth-order valence-corrected chi connectivity index (χ4v) is 2.89. The van der Waals surface area contributed by atoms with Crippen molar-refractivity contribution in [3.63, 3.8) is 0 Å². The molecule has 2 N–H and O–H groups in total. The largest absolute Gasteiger partial charge is 0.444 e. The van der Waals surface area contributed by atoms with Gasteiger partial charge in [0.2, 0.25) is 0 Å². The number of anilines is 1. The highest BCUT2D eigenvalue weighted by atomic mass is 35.5. The maximum Gasteiger partial charge on any atom is 0.407 e. The zero-order valence-electron chi connectivity index (χ0n) is 13.1. The van der Waals surface area contributed by atoms with Gasteiger partial charge in [-0.05, 0) is 58.2 Å². The first-order valence-electron chi connectivity index (χ1n) is 7.44. The molecule has 1 aromatic carbocycles. The van der Waals surface area contributed by atoms with E-state index in [4.69, 9.17) is 27.9 Å². The molecular weight excluding hydrogens is 323 g/mol. The molecule has 22 heavy (non-hydrogen) atoms. The second-order valence-corrected chi connectivity index (χ2v) is 7.47. The minimum Gasteiger partial charge on any atom is -0.444 e. The number of rotatable bonds is 3. The summed E-state index contributed by atoms with van der Waals surface area (Å²) in [5.41, 5.74) is 0.353. The van der Waals surface area contributed by atoms with Crippen molar-refractivity contribution in [3.8, 4) is 0 Å². The van der Waals surface area contributed by atoms with E-state index in [9.17, 15) is 4.79 Å². The van der Waals surface area contributed by atoms with E-state index >= 15 is 0 Å². The molecule has 0 heterocycles. The Morgan fingerprint density at radius 3 is 2.59 bits per heavy atom. The second kappa shape index (κ2) is 6.97. The Balaban J connectivity index is 1.85. The summed E-state index contributed by atoms with van der Waals surface area (Å²) >= 11 is 12.1. The quantitative estimate of drug-likeness (QED) is 0.823. The van der Waals surface area contributed by atoms with Crippen molar-refractivity contribution in [2.24, 2.45) is 0 Å². The summed E-state index contributed by atoms with van der Waals surface area (Å²) in [6.07, 6.45) is 2.35. The third kappa shape index (κ3) is 5.25. The summed E-state index contributed by atoms with van der Waals surface area (Å²) in [6.45, 7) is 5.56. The summed E-state index contributed by atoms with van der Waals surface area (Å²) < 4.78 is 5.28. The SMILES string of the molecule is CC(C)(C)OC(=O)NC1CCC(Nc2cc(Cl)ccc2Cl)C1. The van der Waals surface area contributed by atoms with Gasteiger partial charge in [0.05, 0.1) is 10.7 Å². The molecule has 1 aromatic rings. The van der Waals surface area contributed by atoms with Crippen molar-refractivity contribution in [2.75, 3.05) is 5.32 Å². The molecule has 2 rings (SSSR count). The van der Waals surface area contributed by atoms with Crippen molar-refractivity contribution in [1.29, 1.82) is 0 Å². The standard InChI is InChI=1S/C16H22Cl2N2O2/c1-16(2,3)22-15(21)20-12-6-5-11(9-12)19-14-8-10(17)4-7-13(14)18/h4,7-8,11-12,19H,5-6,9H2,1-3H3,(H,20,21). The van der Waals surface area contributed by atoms with E-state index < -0.39 is 5.60 Å². The molecule has 1 aliphatic rings. The minimum atomic E-state index is -0.478. The first-order chi connectivity index (χ1) is 10.2. The molecule has 1 saturated carbocycles.